The zero-order valence-electron chi connectivity index (χ0n) is 23.3. The van der Waals surface area contributed by atoms with Crippen LogP contribution in [0, 0.1) is 6.92 Å². The number of hydrogen-bond donors (Lipinski definition) is 0. The van der Waals surface area contributed by atoms with Gasteiger partial charge in [-0.15, -0.1) is 0 Å². The second kappa shape index (κ2) is 9.92. The minimum Gasteiger partial charge on any atom is -0.378 e. The van der Waals surface area contributed by atoms with E-state index < -0.39 is 0 Å². The molecule has 0 fully saturated rings. The molecule has 0 radical (unpaired) electrons. The molecule has 0 spiro atoms. The van der Waals surface area contributed by atoms with Gasteiger partial charge in [-0.25, -0.2) is 0 Å². The fraction of sp³-hybridized carbons (Fsp3) is 0.139. The fourth-order valence-electron chi connectivity index (χ4n) is 5.60. The number of nitrogens with zero attached hydrogens (tertiary/aromatic N) is 3. The Morgan fingerprint density at radius 1 is 0.538 bits per heavy atom. The van der Waals surface area contributed by atoms with Crippen LogP contribution in [0.25, 0.3) is 49.8 Å². The van der Waals surface area contributed by atoms with E-state index in [0.29, 0.717) is 0 Å². The van der Waals surface area contributed by atoms with Gasteiger partial charge in [0.2, 0.25) is 11.2 Å². The Balaban J connectivity index is 1.79. The van der Waals surface area contributed by atoms with Crippen LogP contribution in [0.3, 0.4) is 0 Å². The molecular weight excluding hydrogens is 474 g/mol. The van der Waals surface area contributed by atoms with Crippen molar-refractivity contribution in [3.63, 3.8) is 0 Å². The largest absolute Gasteiger partial charge is 0.378 e. The highest BCUT2D eigenvalue weighted by Crippen LogP contribution is 2.40. The lowest BCUT2D eigenvalue weighted by Crippen LogP contribution is -2.27. The van der Waals surface area contributed by atoms with Crippen molar-refractivity contribution in [2.75, 3.05) is 38.0 Å². The summed E-state index contributed by atoms with van der Waals surface area (Å²) in [7, 11) is 8.34. The molecule has 39 heavy (non-hydrogen) atoms. The predicted octanol–water partition coefficient (Wildman–Crippen LogP) is 8.02. The van der Waals surface area contributed by atoms with E-state index >= 15 is 0 Å². The fourth-order valence-corrected chi connectivity index (χ4v) is 5.60. The third kappa shape index (κ3) is 4.40. The SMILES string of the molecule is Cc1cc(-c2ccccc2)c2c3ccccc3c(-c3ccc(N(C)C)cc3)c(-c3ccc(N(C)C)cc3)[n+]2c1. The molecule has 0 bridgehead atoms. The zero-order valence-corrected chi connectivity index (χ0v) is 23.3. The Bertz CT molecular complexity index is 1780. The van der Waals surface area contributed by atoms with E-state index in [9.17, 15) is 0 Å². The van der Waals surface area contributed by atoms with Crippen LogP contribution in [0.4, 0.5) is 11.4 Å². The van der Waals surface area contributed by atoms with Crippen molar-refractivity contribution in [2.45, 2.75) is 6.92 Å². The summed E-state index contributed by atoms with van der Waals surface area (Å²) in [6, 6.07) is 39.8. The van der Waals surface area contributed by atoms with E-state index in [-0.39, 0.29) is 0 Å². The van der Waals surface area contributed by atoms with E-state index in [1.54, 1.807) is 0 Å². The monoisotopic (exact) mass is 508 g/mol. The molecule has 2 aromatic heterocycles. The molecule has 0 amide bonds. The highest BCUT2D eigenvalue weighted by molar-refractivity contribution is 6.10. The second-order valence-corrected chi connectivity index (χ2v) is 10.7. The van der Waals surface area contributed by atoms with Crippen molar-refractivity contribution in [3.8, 4) is 33.5 Å². The first kappa shape index (κ1) is 24.7. The lowest BCUT2D eigenvalue weighted by Gasteiger charge is -2.17. The molecule has 0 atom stereocenters. The lowest BCUT2D eigenvalue weighted by molar-refractivity contribution is -0.497. The van der Waals surface area contributed by atoms with Gasteiger partial charge >= 0.3 is 0 Å². The van der Waals surface area contributed by atoms with Crippen molar-refractivity contribution in [1.29, 1.82) is 0 Å². The summed E-state index contributed by atoms with van der Waals surface area (Å²) < 4.78 is 2.43. The molecular formula is C36H34N3+. The van der Waals surface area contributed by atoms with Crippen LogP contribution in [0.1, 0.15) is 5.56 Å². The summed E-state index contributed by atoms with van der Waals surface area (Å²) in [6.07, 6.45) is 2.29. The number of fused-ring (bicyclic) bond motifs is 3. The number of benzene rings is 4. The number of rotatable bonds is 5. The minimum absolute atomic E-state index is 1.19. The molecule has 0 aliphatic rings. The summed E-state index contributed by atoms with van der Waals surface area (Å²) in [5.41, 5.74) is 12.1. The van der Waals surface area contributed by atoms with Gasteiger partial charge in [-0.3, -0.25) is 0 Å². The van der Waals surface area contributed by atoms with Crippen molar-refractivity contribution < 1.29 is 4.40 Å². The number of pyridine rings is 2. The highest BCUT2D eigenvalue weighted by Gasteiger charge is 2.27. The van der Waals surface area contributed by atoms with E-state index in [1.807, 2.05) is 0 Å². The van der Waals surface area contributed by atoms with E-state index in [1.165, 1.54) is 66.7 Å². The van der Waals surface area contributed by atoms with Crippen LogP contribution < -0.4 is 14.2 Å². The van der Waals surface area contributed by atoms with Crippen molar-refractivity contribution in [2.24, 2.45) is 0 Å². The molecule has 4 aromatic carbocycles. The number of hydrogen-bond acceptors (Lipinski definition) is 2. The lowest BCUT2D eigenvalue weighted by atomic mass is 9.90. The van der Waals surface area contributed by atoms with Gasteiger partial charge in [0, 0.05) is 56.1 Å². The smallest absolute Gasteiger partial charge is 0.226 e. The molecule has 2 heterocycles. The Labute approximate surface area is 231 Å². The Hall–Kier alpha value is -4.63. The molecule has 0 saturated heterocycles. The van der Waals surface area contributed by atoms with Gasteiger partial charge in [0.1, 0.15) is 0 Å². The summed E-state index contributed by atoms with van der Waals surface area (Å²) in [5.74, 6) is 0. The van der Waals surface area contributed by atoms with E-state index in [4.69, 9.17) is 0 Å². The van der Waals surface area contributed by atoms with Crippen LogP contribution in [-0.4, -0.2) is 28.2 Å². The summed E-state index contributed by atoms with van der Waals surface area (Å²) in [4.78, 5) is 4.29. The first-order valence-corrected chi connectivity index (χ1v) is 13.4. The third-order valence-corrected chi connectivity index (χ3v) is 7.54. The summed E-state index contributed by atoms with van der Waals surface area (Å²) in [5, 5.41) is 2.50. The Morgan fingerprint density at radius 2 is 1.08 bits per heavy atom. The van der Waals surface area contributed by atoms with Crippen molar-refractivity contribution in [1.82, 2.24) is 0 Å². The number of aryl methyl sites for hydroxylation is 1. The molecule has 3 heteroatoms. The average molecular weight is 509 g/mol. The molecule has 0 aliphatic carbocycles. The summed E-state index contributed by atoms with van der Waals surface area (Å²) in [6.45, 7) is 2.19. The maximum absolute atomic E-state index is 2.43. The van der Waals surface area contributed by atoms with Crippen LogP contribution in [0.2, 0.25) is 0 Å². The molecule has 0 saturated carbocycles. The molecule has 0 aliphatic heterocycles. The second-order valence-electron chi connectivity index (χ2n) is 10.7. The normalized spacial score (nSPS) is 11.2. The molecule has 0 unspecified atom stereocenters. The zero-order chi connectivity index (χ0) is 27.1. The van der Waals surface area contributed by atoms with Gasteiger partial charge in [0.15, 0.2) is 6.20 Å². The van der Waals surface area contributed by atoms with Gasteiger partial charge in [0.05, 0.1) is 16.5 Å². The minimum atomic E-state index is 1.19. The molecule has 6 aromatic rings. The van der Waals surface area contributed by atoms with E-state index in [0.717, 1.165) is 0 Å². The Kier molecular flexibility index (Phi) is 6.28. The topological polar surface area (TPSA) is 10.6 Å². The van der Waals surface area contributed by atoms with Crippen molar-refractivity contribution in [3.05, 3.63) is 121 Å². The van der Waals surface area contributed by atoms with Crippen LogP contribution >= 0.6 is 0 Å². The number of anilines is 2. The quantitative estimate of drug-likeness (QED) is 0.172. The number of aromatic nitrogens is 1. The third-order valence-electron chi connectivity index (χ3n) is 7.54. The molecule has 3 nitrogen and oxygen atoms in total. The van der Waals surface area contributed by atoms with Gasteiger partial charge in [-0.1, -0.05) is 60.7 Å². The Morgan fingerprint density at radius 3 is 1.67 bits per heavy atom. The summed E-state index contributed by atoms with van der Waals surface area (Å²) >= 11 is 0. The van der Waals surface area contributed by atoms with Gasteiger partial charge < -0.3 is 9.80 Å². The first-order chi connectivity index (χ1) is 18.9. The highest BCUT2D eigenvalue weighted by atomic mass is 15.1. The molecule has 0 N–H and O–H groups in total. The van der Waals surface area contributed by atoms with Crippen LogP contribution in [0.15, 0.2) is 115 Å². The standard InChI is InChI=1S/C36H34N3/c1-25-23-33(26-11-7-6-8-12-26)36-32-14-10-9-13-31(32)34(27-15-19-29(20-16-27)37(2)3)35(39(36)24-25)28-17-21-30(22-18-28)38(4)5/h6-24H,1-5H3/q+1. The average Bonchev–Trinajstić information content (AvgIpc) is 2.96. The molecule has 192 valence electrons. The first-order valence-electron chi connectivity index (χ1n) is 13.4. The predicted molar refractivity (Wildman–Crippen MR) is 167 cm³/mol. The van der Waals surface area contributed by atoms with Crippen LogP contribution in [0.5, 0.6) is 0 Å². The maximum Gasteiger partial charge on any atom is 0.226 e. The van der Waals surface area contributed by atoms with Crippen LogP contribution in [-0.2, 0) is 0 Å². The molecule has 6 rings (SSSR count). The van der Waals surface area contributed by atoms with E-state index in [2.05, 4.69) is 165 Å². The van der Waals surface area contributed by atoms with Crippen molar-refractivity contribution >= 4 is 27.7 Å². The maximum atomic E-state index is 2.43. The van der Waals surface area contributed by atoms with Gasteiger partial charge in [-0.05, 0) is 66.6 Å². The van der Waals surface area contributed by atoms with Gasteiger partial charge in [-0.2, -0.15) is 4.40 Å². The van der Waals surface area contributed by atoms with Gasteiger partial charge in [0.25, 0.3) is 0 Å².